The first-order valence-corrected chi connectivity index (χ1v) is 28.2. The molecular formula is C80H54N2. The van der Waals surface area contributed by atoms with Crippen LogP contribution in [0.1, 0.15) is 0 Å². The van der Waals surface area contributed by atoms with Gasteiger partial charge in [-0.05, 0) is 125 Å². The largest absolute Gasteiger partial charge is 0.310 e. The first-order chi connectivity index (χ1) is 40.7. The maximum atomic E-state index is 2.53. The van der Waals surface area contributed by atoms with E-state index in [-0.39, 0.29) is 0 Å². The molecule has 1 heterocycles. The van der Waals surface area contributed by atoms with Gasteiger partial charge in [-0.15, -0.1) is 0 Å². The minimum Gasteiger partial charge on any atom is -0.310 e. The van der Waals surface area contributed by atoms with Gasteiger partial charge in [-0.25, -0.2) is 0 Å². The van der Waals surface area contributed by atoms with E-state index in [0.717, 1.165) is 67.2 Å². The molecule has 384 valence electrons. The van der Waals surface area contributed by atoms with E-state index in [9.17, 15) is 0 Å². The third kappa shape index (κ3) is 8.45. The summed E-state index contributed by atoms with van der Waals surface area (Å²) in [7, 11) is 0. The number of fused-ring (bicyclic) bond motifs is 5. The van der Waals surface area contributed by atoms with E-state index in [4.69, 9.17) is 0 Å². The summed E-state index contributed by atoms with van der Waals surface area (Å²) in [6.45, 7) is 0. The van der Waals surface area contributed by atoms with Crippen molar-refractivity contribution in [2.75, 3.05) is 4.90 Å². The van der Waals surface area contributed by atoms with E-state index in [1.54, 1.807) is 0 Å². The number of rotatable bonds is 11. The van der Waals surface area contributed by atoms with E-state index >= 15 is 0 Å². The van der Waals surface area contributed by atoms with Gasteiger partial charge in [-0.3, -0.25) is 0 Å². The van der Waals surface area contributed by atoms with E-state index in [2.05, 4.69) is 337 Å². The zero-order chi connectivity index (χ0) is 54.3. The van der Waals surface area contributed by atoms with Crippen LogP contribution in [0.25, 0.3) is 127 Å². The number of aromatic nitrogens is 1. The molecule has 0 amide bonds. The molecule has 0 aliphatic heterocycles. The Bertz CT molecular complexity index is 4590. The Morgan fingerprint density at radius 2 is 0.500 bits per heavy atom. The lowest BCUT2D eigenvalue weighted by Gasteiger charge is -2.30. The minimum absolute atomic E-state index is 1.05. The average Bonchev–Trinajstić information content (AvgIpc) is 4.04. The predicted molar refractivity (Wildman–Crippen MR) is 349 cm³/mol. The monoisotopic (exact) mass is 1040 g/mol. The van der Waals surface area contributed by atoms with Crippen molar-refractivity contribution in [1.29, 1.82) is 0 Å². The number of anilines is 3. The molecule has 14 aromatic carbocycles. The summed E-state index contributed by atoms with van der Waals surface area (Å²) in [5.41, 5.74) is 23.1. The first-order valence-electron chi connectivity index (χ1n) is 28.2. The average molecular weight is 1040 g/mol. The maximum absolute atomic E-state index is 2.53. The molecule has 0 unspecified atom stereocenters. The van der Waals surface area contributed by atoms with Crippen molar-refractivity contribution in [2.24, 2.45) is 0 Å². The van der Waals surface area contributed by atoms with E-state index in [1.165, 1.54) is 76.8 Å². The summed E-state index contributed by atoms with van der Waals surface area (Å²) in [5.74, 6) is 0. The van der Waals surface area contributed by atoms with Gasteiger partial charge < -0.3 is 9.47 Å². The van der Waals surface area contributed by atoms with E-state index in [0.29, 0.717) is 0 Å². The van der Waals surface area contributed by atoms with Gasteiger partial charge in [0, 0.05) is 38.8 Å². The predicted octanol–water partition coefficient (Wildman–Crippen LogP) is 22.2. The first kappa shape index (κ1) is 48.3. The third-order valence-corrected chi connectivity index (χ3v) is 16.5. The molecule has 15 rings (SSSR count). The van der Waals surface area contributed by atoms with Gasteiger partial charge in [-0.1, -0.05) is 285 Å². The summed E-state index contributed by atoms with van der Waals surface area (Å²) in [6, 6.07) is 120. The Balaban J connectivity index is 0.953. The standard InChI is InChI=1S/C80H54N2/c1-5-23-55(24-6-1)63-49-51-65(70-33-15-13-31-68(63)70)58-41-45-61(46-42-58)81(62-47-43-59(44-48-62)66-52-50-64(56-25-7-2-8-26-56)69-32-14-16-34-71(66)69)76-38-20-19-37-74(76)75-54-53-67(57-27-9-3-10-28-57)79(60-29-11-4-12-30-60)80(75)82-77-39-21-17-35-72(77)73-36-18-22-40-78(73)82/h1-54H. The van der Waals surface area contributed by atoms with Crippen LogP contribution in [0.4, 0.5) is 17.1 Å². The number of para-hydroxylation sites is 3. The quantitative estimate of drug-likeness (QED) is 0.125. The topological polar surface area (TPSA) is 8.17 Å². The SMILES string of the molecule is c1ccc(-c2ccc(-c3ccccc3N(c3ccc(-c4ccc(-c5ccccc5)c5ccccc45)cc3)c3ccc(-c4ccc(-c5ccccc5)c5ccccc45)cc3)c(-n3c4ccccc4c4ccccc43)c2-c2ccccc2)cc1. The molecule has 15 aromatic rings. The molecule has 0 fully saturated rings. The molecule has 0 atom stereocenters. The number of nitrogens with zero attached hydrogens (tertiary/aromatic N) is 2. The molecule has 0 N–H and O–H groups in total. The fourth-order valence-electron chi connectivity index (χ4n) is 12.7. The van der Waals surface area contributed by atoms with Crippen molar-refractivity contribution in [3.05, 3.63) is 328 Å². The second-order valence-electron chi connectivity index (χ2n) is 21.1. The van der Waals surface area contributed by atoms with Crippen LogP contribution in [0, 0.1) is 0 Å². The highest BCUT2D eigenvalue weighted by molar-refractivity contribution is 6.12. The summed E-state index contributed by atoms with van der Waals surface area (Å²) in [5, 5.41) is 7.36. The van der Waals surface area contributed by atoms with Crippen LogP contribution in [0.3, 0.4) is 0 Å². The van der Waals surface area contributed by atoms with Gasteiger partial charge in [0.2, 0.25) is 0 Å². The molecule has 0 aliphatic carbocycles. The summed E-state index contributed by atoms with van der Waals surface area (Å²) in [4.78, 5) is 2.46. The van der Waals surface area contributed by atoms with Crippen molar-refractivity contribution in [3.8, 4) is 83.6 Å². The molecule has 2 nitrogen and oxygen atoms in total. The molecule has 0 radical (unpaired) electrons. The highest BCUT2D eigenvalue weighted by Gasteiger charge is 2.26. The number of hydrogen-bond acceptors (Lipinski definition) is 1. The van der Waals surface area contributed by atoms with Crippen molar-refractivity contribution >= 4 is 60.4 Å². The lowest BCUT2D eigenvalue weighted by molar-refractivity contribution is 1.18. The molecule has 0 spiro atoms. The van der Waals surface area contributed by atoms with Crippen LogP contribution in [0.15, 0.2) is 328 Å². The summed E-state index contributed by atoms with van der Waals surface area (Å²) in [6.07, 6.45) is 0. The van der Waals surface area contributed by atoms with Crippen LogP contribution in [0.5, 0.6) is 0 Å². The maximum Gasteiger partial charge on any atom is 0.0625 e. The number of hydrogen-bond donors (Lipinski definition) is 0. The van der Waals surface area contributed by atoms with E-state index in [1.807, 2.05) is 0 Å². The fraction of sp³-hybridized carbons (Fsp3) is 0. The fourth-order valence-corrected chi connectivity index (χ4v) is 12.7. The smallest absolute Gasteiger partial charge is 0.0625 e. The van der Waals surface area contributed by atoms with Crippen LogP contribution < -0.4 is 4.90 Å². The van der Waals surface area contributed by atoms with E-state index < -0.39 is 0 Å². The molecule has 0 bridgehead atoms. The molecule has 82 heavy (non-hydrogen) atoms. The minimum atomic E-state index is 1.05. The Kier molecular flexibility index (Phi) is 12.2. The third-order valence-electron chi connectivity index (χ3n) is 16.5. The lowest BCUT2D eigenvalue weighted by Crippen LogP contribution is -2.12. The normalized spacial score (nSPS) is 11.4. The van der Waals surface area contributed by atoms with Gasteiger partial charge in [0.15, 0.2) is 0 Å². The van der Waals surface area contributed by atoms with Crippen molar-refractivity contribution in [3.63, 3.8) is 0 Å². The van der Waals surface area contributed by atoms with Gasteiger partial charge in [0.05, 0.1) is 22.4 Å². The van der Waals surface area contributed by atoms with Crippen LogP contribution in [0.2, 0.25) is 0 Å². The van der Waals surface area contributed by atoms with Crippen LogP contribution in [-0.4, -0.2) is 4.57 Å². The Morgan fingerprint density at radius 1 is 0.195 bits per heavy atom. The van der Waals surface area contributed by atoms with Gasteiger partial charge in [-0.2, -0.15) is 0 Å². The molecule has 2 heteroatoms. The van der Waals surface area contributed by atoms with Gasteiger partial charge >= 0.3 is 0 Å². The summed E-state index contributed by atoms with van der Waals surface area (Å²) >= 11 is 0. The van der Waals surface area contributed by atoms with Crippen LogP contribution in [-0.2, 0) is 0 Å². The molecule has 0 aliphatic rings. The van der Waals surface area contributed by atoms with Crippen LogP contribution >= 0.6 is 0 Å². The highest BCUT2D eigenvalue weighted by Crippen LogP contribution is 2.50. The Labute approximate surface area is 478 Å². The van der Waals surface area contributed by atoms with Crippen molar-refractivity contribution in [1.82, 2.24) is 4.57 Å². The zero-order valence-corrected chi connectivity index (χ0v) is 45.1. The Hall–Kier alpha value is -10.8. The summed E-state index contributed by atoms with van der Waals surface area (Å²) < 4.78 is 2.53. The molecular weight excluding hydrogens is 989 g/mol. The Morgan fingerprint density at radius 3 is 0.927 bits per heavy atom. The van der Waals surface area contributed by atoms with Crippen molar-refractivity contribution in [2.45, 2.75) is 0 Å². The second kappa shape index (κ2) is 20.8. The van der Waals surface area contributed by atoms with Gasteiger partial charge in [0.1, 0.15) is 0 Å². The molecule has 1 aromatic heterocycles. The highest BCUT2D eigenvalue weighted by atomic mass is 15.1. The number of benzene rings is 14. The molecule has 0 saturated carbocycles. The van der Waals surface area contributed by atoms with Crippen molar-refractivity contribution < 1.29 is 0 Å². The lowest BCUT2D eigenvalue weighted by atomic mass is 9.87. The molecule has 0 saturated heterocycles. The second-order valence-corrected chi connectivity index (χ2v) is 21.1. The van der Waals surface area contributed by atoms with Gasteiger partial charge in [0.25, 0.3) is 0 Å². The zero-order valence-electron chi connectivity index (χ0n) is 45.1.